The van der Waals surface area contributed by atoms with Gasteiger partial charge in [0, 0.05) is 5.30 Å². The van der Waals surface area contributed by atoms with Crippen molar-refractivity contribution in [2.75, 3.05) is 20.0 Å². The summed E-state index contributed by atoms with van der Waals surface area (Å²) >= 11 is 0. The zero-order valence-corrected chi connectivity index (χ0v) is 17.5. The van der Waals surface area contributed by atoms with Crippen LogP contribution in [0.5, 0.6) is 0 Å². The van der Waals surface area contributed by atoms with Crippen molar-refractivity contribution < 1.29 is 0 Å². The van der Waals surface area contributed by atoms with E-state index in [0.717, 1.165) is 0 Å². The summed E-state index contributed by atoms with van der Waals surface area (Å²) in [5.74, 6) is 1.19. The maximum Gasteiger partial charge on any atom is 0.00852 e. The van der Waals surface area contributed by atoms with Crippen LogP contribution < -0.4 is 5.30 Å². The minimum atomic E-state index is -0.854. The Morgan fingerprint density at radius 3 is 1.48 bits per heavy atom. The second-order valence-corrected chi connectivity index (χ2v) is 17.3. The van der Waals surface area contributed by atoms with Crippen molar-refractivity contribution in [1.29, 1.82) is 0 Å². The molecule has 0 aliphatic rings. The Morgan fingerprint density at radius 1 is 0.857 bits per heavy atom. The van der Waals surface area contributed by atoms with Crippen molar-refractivity contribution in [1.82, 2.24) is 0 Å². The minimum Gasteiger partial charge on any atom is -0.0864 e. The smallest absolute Gasteiger partial charge is 0.00852 e. The van der Waals surface area contributed by atoms with Gasteiger partial charge in [-0.2, -0.15) is 0 Å². The second kappa shape index (κ2) is 6.60. The number of benzene rings is 1. The predicted octanol–water partition coefficient (Wildman–Crippen LogP) is 6.62. The van der Waals surface area contributed by atoms with Gasteiger partial charge in [-0.3, -0.25) is 0 Å². The van der Waals surface area contributed by atoms with E-state index in [0.29, 0.717) is 11.8 Å². The highest BCUT2D eigenvalue weighted by Gasteiger charge is 2.21. The van der Waals surface area contributed by atoms with Crippen LogP contribution in [-0.4, -0.2) is 20.0 Å². The topological polar surface area (TPSA) is 0 Å². The molecule has 0 nitrogen and oxygen atoms in total. The predicted molar refractivity (Wildman–Crippen MR) is 105 cm³/mol. The van der Waals surface area contributed by atoms with E-state index in [4.69, 9.17) is 0 Å². The van der Waals surface area contributed by atoms with E-state index >= 15 is 0 Å². The summed E-state index contributed by atoms with van der Waals surface area (Å²) in [6.07, 6.45) is 0. The first-order valence-electron chi connectivity index (χ1n) is 8.06. The van der Waals surface area contributed by atoms with Gasteiger partial charge in [0.2, 0.25) is 0 Å². The lowest BCUT2D eigenvalue weighted by Crippen LogP contribution is -2.19. The third-order valence-electron chi connectivity index (χ3n) is 3.68. The van der Waals surface area contributed by atoms with Crippen LogP contribution in [0.1, 0.15) is 77.0 Å². The molecular weight excluding hydrogens is 290 g/mol. The molecule has 1 aromatic rings. The van der Waals surface area contributed by atoms with Crippen molar-refractivity contribution >= 4 is 19.7 Å². The largest absolute Gasteiger partial charge is 0.0864 e. The van der Waals surface area contributed by atoms with Gasteiger partial charge in [0.25, 0.3) is 0 Å². The Kier molecular flexibility index (Phi) is 5.97. The van der Waals surface area contributed by atoms with Crippen LogP contribution in [0, 0.1) is 0 Å². The van der Waals surface area contributed by atoms with Crippen LogP contribution in [0.4, 0.5) is 0 Å². The van der Waals surface area contributed by atoms with E-state index < -0.39 is 6.55 Å². The number of hydrogen-bond donors (Lipinski definition) is 0. The van der Waals surface area contributed by atoms with Gasteiger partial charge in [0.1, 0.15) is 0 Å². The Hall–Kier alpha value is -0.0500. The molecule has 2 heteroatoms. The summed E-state index contributed by atoms with van der Waals surface area (Å²) in [6, 6.07) is 4.96. The first-order chi connectivity index (χ1) is 9.33. The van der Waals surface area contributed by atoms with Crippen molar-refractivity contribution in [2.24, 2.45) is 0 Å². The third kappa shape index (κ3) is 5.26. The molecule has 0 amide bonds. The van der Waals surface area contributed by atoms with Gasteiger partial charge >= 0.3 is 0 Å². The third-order valence-corrected chi connectivity index (χ3v) is 7.40. The summed E-state index contributed by atoms with van der Waals surface area (Å²) < 4.78 is 0. The molecular formula is C19H34P2. The zero-order chi connectivity index (χ0) is 16.6. The lowest BCUT2D eigenvalue weighted by molar-refractivity contribution is 0.587. The Morgan fingerprint density at radius 2 is 1.24 bits per heavy atom. The molecule has 0 radical (unpaired) electrons. The zero-order valence-electron chi connectivity index (χ0n) is 15.7. The Bertz CT molecular complexity index is 514. The first-order valence-corrected chi connectivity index (χ1v) is 12.8. The van der Waals surface area contributed by atoms with Gasteiger partial charge in [-0.25, -0.2) is 0 Å². The highest BCUT2D eigenvalue weighted by atomic mass is 31.8. The van der Waals surface area contributed by atoms with Crippen molar-refractivity contribution in [2.45, 2.75) is 65.7 Å². The van der Waals surface area contributed by atoms with Crippen LogP contribution in [0.3, 0.4) is 0 Å². The second-order valence-electron chi connectivity index (χ2n) is 8.60. The van der Waals surface area contributed by atoms with Gasteiger partial charge in [-0.15, -0.1) is 0 Å². The monoisotopic (exact) mass is 324 g/mol. The Balaban J connectivity index is 3.76. The molecule has 0 aliphatic carbocycles. The SMILES string of the molecule is CC(C)c1cc(C(C)(C)C)cc(C(C)C)c1P=P(C)(C)C. The molecule has 120 valence electrons. The van der Waals surface area contributed by atoms with Crippen molar-refractivity contribution in [3.05, 3.63) is 28.8 Å². The molecule has 0 fully saturated rings. The van der Waals surface area contributed by atoms with E-state index in [-0.39, 0.29) is 5.41 Å². The Labute approximate surface area is 134 Å². The molecule has 0 bridgehead atoms. The quantitative estimate of drug-likeness (QED) is 0.548. The average molecular weight is 324 g/mol. The van der Waals surface area contributed by atoms with Crippen molar-refractivity contribution in [3.8, 4) is 0 Å². The van der Waals surface area contributed by atoms with Crippen LogP contribution in [0.15, 0.2) is 12.1 Å². The van der Waals surface area contributed by atoms with E-state index in [1.807, 2.05) is 0 Å². The highest BCUT2D eigenvalue weighted by Crippen LogP contribution is 2.47. The molecule has 0 saturated carbocycles. The molecule has 0 saturated heterocycles. The van der Waals surface area contributed by atoms with E-state index in [1.54, 1.807) is 24.3 Å². The minimum absolute atomic E-state index is 0.222. The van der Waals surface area contributed by atoms with Gasteiger partial charge in [-0.1, -0.05) is 75.0 Å². The van der Waals surface area contributed by atoms with E-state index in [1.165, 1.54) is 5.56 Å². The molecule has 0 N–H and O–H groups in total. The summed E-state index contributed by atoms with van der Waals surface area (Å²) in [7, 11) is 1.56. The fourth-order valence-corrected chi connectivity index (χ4v) is 6.38. The van der Waals surface area contributed by atoms with Crippen LogP contribution in [0.25, 0.3) is 0 Å². The molecule has 0 unspecified atom stereocenters. The maximum absolute atomic E-state index is 2.48. The summed E-state index contributed by atoms with van der Waals surface area (Å²) in [4.78, 5) is 0. The van der Waals surface area contributed by atoms with Crippen LogP contribution in [0.2, 0.25) is 0 Å². The lowest BCUT2D eigenvalue weighted by Gasteiger charge is -2.26. The molecule has 1 aromatic carbocycles. The summed E-state index contributed by atoms with van der Waals surface area (Å²) in [5.41, 5.74) is 4.85. The fourth-order valence-electron chi connectivity index (χ4n) is 2.41. The highest BCUT2D eigenvalue weighted by molar-refractivity contribution is 8.06. The summed E-state index contributed by atoms with van der Waals surface area (Å²) in [5, 5.41) is 1.62. The molecule has 0 aromatic heterocycles. The first kappa shape index (κ1) is 19.0. The van der Waals surface area contributed by atoms with Crippen LogP contribution in [-0.2, 0) is 5.41 Å². The summed E-state index contributed by atoms with van der Waals surface area (Å²) in [6.45, 7) is 22.8. The molecule has 0 atom stereocenters. The lowest BCUT2D eigenvalue weighted by atomic mass is 9.82. The average Bonchev–Trinajstić information content (AvgIpc) is 2.24. The normalized spacial score (nSPS) is 13.5. The van der Waals surface area contributed by atoms with E-state index in [2.05, 4.69) is 80.6 Å². The molecule has 0 spiro atoms. The van der Waals surface area contributed by atoms with E-state index in [9.17, 15) is 0 Å². The van der Waals surface area contributed by atoms with Crippen molar-refractivity contribution in [3.63, 3.8) is 0 Å². The van der Waals surface area contributed by atoms with Gasteiger partial charge < -0.3 is 0 Å². The van der Waals surface area contributed by atoms with Crippen LogP contribution >= 0.6 is 14.4 Å². The molecule has 0 heterocycles. The fraction of sp³-hybridized carbons (Fsp3) is 0.684. The number of rotatable bonds is 3. The standard InChI is InChI=1S/C19H34P2/c1-13(2)16-11-15(19(5,6)7)12-17(14(3)4)18(16)20-21(8,9)10/h11-14H,1-10H3. The van der Waals surface area contributed by atoms with Gasteiger partial charge in [0.05, 0.1) is 0 Å². The maximum atomic E-state index is 2.48. The number of hydrogen-bond acceptors (Lipinski definition) is 0. The molecule has 21 heavy (non-hydrogen) atoms. The van der Waals surface area contributed by atoms with Gasteiger partial charge in [0.15, 0.2) is 0 Å². The molecule has 0 aliphatic heterocycles. The molecule has 1 rings (SSSR count). The van der Waals surface area contributed by atoms with Gasteiger partial charge in [-0.05, 0) is 53.9 Å².